The lowest BCUT2D eigenvalue weighted by molar-refractivity contribution is 0.392. The van der Waals surface area contributed by atoms with Crippen molar-refractivity contribution in [1.29, 1.82) is 0 Å². The molecule has 1 fully saturated rings. The third-order valence-corrected chi connectivity index (χ3v) is 4.12. The standard InChI is InChI=1S/C16H25FN2/c1-3-13-7-9-19(10-8-13)16-6-5-14(11-15(16)17)12-18-4-2/h5-6,11,13,18H,3-4,7-10,12H2,1-2H3. The summed E-state index contributed by atoms with van der Waals surface area (Å²) in [5.74, 6) is 0.748. The molecule has 0 radical (unpaired) electrons. The largest absolute Gasteiger partial charge is 0.369 e. The highest BCUT2D eigenvalue weighted by atomic mass is 19.1. The van der Waals surface area contributed by atoms with Crippen LogP contribution in [0.4, 0.5) is 10.1 Å². The van der Waals surface area contributed by atoms with Gasteiger partial charge in [-0.25, -0.2) is 4.39 Å². The molecule has 0 saturated carbocycles. The highest BCUT2D eigenvalue weighted by Gasteiger charge is 2.20. The van der Waals surface area contributed by atoms with Gasteiger partial charge in [-0.15, -0.1) is 0 Å². The van der Waals surface area contributed by atoms with Gasteiger partial charge in [-0.05, 0) is 43.0 Å². The minimum atomic E-state index is -0.0784. The molecule has 2 rings (SSSR count). The van der Waals surface area contributed by atoms with Crippen LogP contribution < -0.4 is 10.2 Å². The van der Waals surface area contributed by atoms with Gasteiger partial charge in [-0.1, -0.05) is 26.3 Å². The van der Waals surface area contributed by atoms with Crippen molar-refractivity contribution in [3.05, 3.63) is 29.6 Å². The van der Waals surface area contributed by atoms with E-state index in [1.807, 2.05) is 12.1 Å². The lowest BCUT2D eigenvalue weighted by Crippen LogP contribution is -2.34. The Balaban J connectivity index is 2.01. The van der Waals surface area contributed by atoms with Crippen molar-refractivity contribution < 1.29 is 4.39 Å². The smallest absolute Gasteiger partial charge is 0.146 e. The number of halogens is 1. The van der Waals surface area contributed by atoms with E-state index in [1.165, 1.54) is 19.3 Å². The van der Waals surface area contributed by atoms with Gasteiger partial charge in [0, 0.05) is 19.6 Å². The van der Waals surface area contributed by atoms with Gasteiger partial charge in [-0.2, -0.15) is 0 Å². The van der Waals surface area contributed by atoms with Crippen molar-refractivity contribution in [3.8, 4) is 0 Å². The van der Waals surface area contributed by atoms with Gasteiger partial charge in [0.05, 0.1) is 5.69 Å². The van der Waals surface area contributed by atoms with E-state index in [2.05, 4.69) is 24.1 Å². The van der Waals surface area contributed by atoms with E-state index >= 15 is 0 Å². The number of nitrogens with one attached hydrogen (secondary N) is 1. The molecule has 19 heavy (non-hydrogen) atoms. The molecule has 0 unspecified atom stereocenters. The number of benzene rings is 1. The third-order valence-electron chi connectivity index (χ3n) is 4.12. The predicted molar refractivity (Wildman–Crippen MR) is 79.0 cm³/mol. The number of hydrogen-bond acceptors (Lipinski definition) is 2. The number of rotatable bonds is 5. The molecule has 3 heteroatoms. The highest BCUT2D eigenvalue weighted by molar-refractivity contribution is 5.49. The van der Waals surface area contributed by atoms with Crippen LogP contribution >= 0.6 is 0 Å². The third kappa shape index (κ3) is 3.69. The Kier molecular flexibility index (Phi) is 5.20. The Morgan fingerprint density at radius 3 is 2.58 bits per heavy atom. The van der Waals surface area contributed by atoms with E-state index in [1.54, 1.807) is 6.07 Å². The van der Waals surface area contributed by atoms with E-state index in [4.69, 9.17) is 0 Å². The first-order valence-corrected chi connectivity index (χ1v) is 7.48. The van der Waals surface area contributed by atoms with Crippen molar-refractivity contribution in [2.24, 2.45) is 5.92 Å². The van der Waals surface area contributed by atoms with Crippen molar-refractivity contribution >= 4 is 5.69 Å². The fraction of sp³-hybridized carbons (Fsp3) is 0.625. The molecular weight excluding hydrogens is 239 g/mol. The average molecular weight is 264 g/mol. The van der Waals surface area contributed by atoms with Crippen molar-refractivity contribution in [1.82, 2.24) is 5.32 Å². The van der Waals surface area contributed by atoms with E-state index in [9.17, 15) is 4.39 Å². The molecule has 0 atom stereocenters. The molecule has 0 bridgehead atoms. The molecule has 106 valence electrons. The first-order valence-electron chi connectivity index (χ1n) is 7.48. The molecule has 0 aromatic heterocycles. The minimum absolute atomic E-state index is 0.0784. The van der Waals surface area contributed by atoms with Crippen LogP contribution in [-0.2, 0) is 6.54 Å². The SMILES string of the molecule is CCNCc1ccc(N2CCC(CC)CC2)c(F)c1. The van der Waals surface area contributed by atoms with Crippen molar-refractivity contribution in [2.45, 2.75) is 39.7 Å². The first-order chi connectivity index (χ1) is 9.24. The summed E-state index contributed by atoms with van der Waals surface area (Å²) in [6.07, 6.45) is 3.63. The summed E-state index contributed by atoms with van der Waals surface area (Å²) >= 11 is 0. The average Bonchev–Trinajstić information content (AvgIpc) is 2.45. The maximum Gasteiger partial charge on any atom is 0.146 e. The molecular formula is C16H25FN2. The molecule has 1 aromatic carbocycles. The number of piperidine rings is 1. The van der Waals surface area contributed by atoms with Gasteiger partial charge in [0.25, 0.3) is 0 Å². The minimum Gasteiger partial charge on any atom is -0.369 e. The molecule has 2 nitrogen and oxygen atoms in total. The summed E-state index contributed by atoms with van der Waals surface area (Å²) < 4.78 is 14.2. The Bertz CT molecular complexity index is 398. The Labute approximate surface area is 116 Å². The molecule has 0 spiro atoms. The maximum atomic E-state index is 14.2. The fourth-order valence-corrected chi connectivity index (χ4v) is 2.77. The Morgan fingerprint density at radius 2 is 2.00 bits per heavy atom. The van der Waals surface area contributed by atoms with E-state index in [0.717, 1.165) is 43.3 Å². The number of anilines is 1. The van der Waals surface area contributed by atoms with E-state index in [0.29, 0.717) is 0 Å². The molecule has 1 aromatic rings. The van der Waals surface area contributed by atoms with Crippen molar-refractivity contribution in [2.75, 3.05) is 24.5 Å². The summed E-state index contributed by atoms with van der Waals surface area (Å²) in [7, 11) is 0. The van der Waals surface area contributed by atoms with Crippen LogP contribution in [0, 0.1) is 11.7 Å². The van der Waals surface area contributed by atoms with Gasteiger partial charge in [0.15, 0.2) is 0 Å². The summed E-state index contributed by atoms with van der Waals surface area (Å²) in [5, 5.41) is 3.22. The van der Waals surface area contributed by atoms with Gasteiger partial charge in [0.1, 0.15) is 5.82 Å². The van der Waals surface area contributed by atoms with Gasteiger partial charge >= 0.3 is 0 Å². The van der Waals surface area contributed by atoms with Gasteiger partial charge in [0.2, 0.25) is 0 Å². The lowest BCUT2D eigenvalue weighted by Gasteiger charge is -2.33. The van der Waals surface area contributed by atoms with Crippen LogP contribution in [0.3, 0.4) is 0 Å². The second kappa shape index (κ2) is 6.90. The summed E-state index contributed by atoms with van der Waals surface area (Å²) in [4.78, 5) is 2.19. The summed E-state index contributed by atoms with van der Waals surface area (Å²) in [6.45, 7) is 7.93. The molecule has 1 saturated heterocycles. The second-order valence-electron chi connectivity index (χ2n) is 5.40. The predicted octanol–water partition coefficient (Wildman–Crippen LogP) is 3.56. The highest BCUT2D eigenvalue weighted by Crippen LogP contribution is 2.27. The van der Waals surface area contributed by atoms with Crippen LogP contribution in [0.15, 0.2) is 18.2 Å². The molecule has 0 aliphatic carbocycles. The molecule has 1 aliphatic heterocycles. The van der Waals surface area contributed by atoms with Crippen LogP contribution in [0.25, 0.3) is 0 Å². The van der Waals surface area contributed by atoms with Crippen LogP contribution in [0.1, 0.15) is 38.7 Å². The first kappa shape index (κ1) is 14.3. The van der Waals surface area contributed by atoms with Gasteiger partial charge in [-0.3, -0.25) is 0 Å². The van der Waals surface area contributed by atoms with Crippen LogP contribution in [0.2, 0.25) is 0 Å². The molecule has 1 heterocycles. The molecule has 1 aliphatic rings. The van der Waals surface area contributed by atoms with Crippen LogP contribution in [0.5, 0.6) is 0 Å². The van der Waals surface area contributed by atoms with Gasteiger partial charge < -0.3 is 10.2 Å². The zero-order valence-electron chi connectivity index (χ0n) is 12.1. The fourth-order valence-electron chi connectivity index (χ4n) is 2.77. The maximum absolute atomic E-state index is 14.2. The van der Waals surface area contributed by atoms with Crippen molar-refractivity contribution in [3.63, 3.8) is 0 Å². The monoisotopic (exact) mass is 264 g/mol. The van der Waals surface area contributed by atoms with Crippen LogP contribution in [-0.4, -0.2) is 19.6 Å². The Morgan fingerprint density at radius 1 is 1.26 bits per heavy atom. The number of nitrogens with zero attached hydrogens (tertiary/aromatic N) is 1. The van der Waals surface area contributed by atoms with E-state index in [-0.39, 0.29) is 5.82 Å². The normalized spacial score (nSPS) is 16.9. The second-order valence-corrected chi connectivity index (χ2v) is 5.40. The topological polar surface area (TPSA) is 15.3 Å². The quantitative estimate of drug-likeness (QED) is 0.874. The summed E-state index contributed by atoms with van der Waals surface area (Å²) in [5.41, 5.74) is 1.79. The summed E-state index contributed by atoms with van der Waals surface area (Å²) in [6, 6.07) is 5.64. The number of hydrogen-bond donors (Lipinski definition) is 1. The molecule has 0 amide bonds. The zero-order chi connectivity index (χ0) is 13.7. The van der Waals surface area contributed by atoms with E-state index < -0.39 is 0 Å². The zero-order valence-corrected chi connectivity index (χ0v) is 12.1. The lowest BCUT2D eigenvalue weighted by atomic mass is 9.94. The Hall–Kier alpha value is -1.09. The molecule has 1 N–H and O–H groups in total.